The van der Waals surface area contributed by atoms with Gasteiger partial charge >= 0.3 is 0 Å². The van der Waals surface area contributed by atoms with Crippen molar-refractivity contribution in [3.05, 3.63) is 65.2 Å². The third kappa shape index (κ3) is 3.63. The third-order valence-electron chi connectivity index (χ3n) is 4.56. The van der Waals surface area contributed by atoms with Crippen LogP contribution in [0.5, 0.6) is 0 Å². The predicted octanol–water partition coefficient (Wildman–Crippen LogP) is 3.05. The Labute approximate surface area is 153 Å². The number of benzene rings is 2. The molecule has 5 heteroatoms. The number of aliphatic hydroxyl groups excluding tert-OH is 1. The zero-order valence-corrected chi connectivity index (χ0v) is 15.3. The molecule has 1 aliphatic heterocycles. The fourth-order valence-electron chi connectivity index (χ4n) is 3.00. The van der Waals surface area contributed by atoms with Crippen LogP contribution in [0.1, 0.15) is 47.1 Å². The Balaban J connectivity index is 1.58. The average molecular weight is 352 g/mol. The number of carbonyl (C=O) groups excluding carboxylic acids is 2. The van der Waals surface area contributed by atoms with E-state index in [1.54, 1.807) is 24.3 Å². The highest BCUT2D eigenvalue weighted by atomic mass is 16.3. The molecule has 0 radical (unpaired) electrons. The van der Waals surface area contributed by atoms with Gasteiger partial charge in [0.25, 0.3) is 11.8 Å². The molecule has 3 rings (SSSR count). The maximum absolute atomic E-state index is 12.3. The molecular formula is C21H24N2O3. The lowest BCUT2D eigenvalue weighted by molar-refractivity contribution is 0.0558. The quantitative estimate of drug-likeness (QED) is 0.812. The summed E-state index contributed by atoms with van der Waals surface area (Å²) < 4.78 is 0. The molecule has 0 saturated carbocycles. The zero-order valence-electron chi connectivity index (χ0n) is 15.3. The van der Waals surface area contributed by atoms with Crippen LogP contribution in [0.25, 0.3) is 0 Å². The minimum atomic E-state index is -0.848. The number of nitrogens with one attached hydrogen (secondary N) is 1. The van der Waals surface area contributed by atoms with Gasteiger partial charge < -0.3 is 10.4 Å². The molecule has 2 aromatic rings. The van der Waals surface area contributed by atoms with Crippen molar-refractivity contribution in [2.75, 3.05) is 18.4 Å². The van der Waals surface area contributed by atoms with E-state index in [0.29, 0.717) is 11.1 Å². The summed E-state index contributed by atoms with van der Waals surface area (Å²) in [5, 5.41) is 13.4. The molecule has 0 aliphatic carbocycles. The number of hydrogen-bond donors (Lipinski definition) is 2. The van der Waals surface area contributed by atoms with Crippen LogP contribution in [0, 0.1) is 0 Å². The molecule has 1 heterocycles. The fourth-order valence-corrected chi connectivity index (χ4v) is 3.00. The van der Waals surface area contributed by atoms with E-state index in [4.69, 9.17) is 0 Å². The van der Waals surface area contributed by atoms with Gasteiger partial charge in [0.05, 0.1) is 23.8 Å². The van der Waals surface area contributed by atoms with Crippen LogP contribution < -0.4 is 5.32 Å². The number of rotatable bonds is 5. The molecule has 0 fully saturated rings. The average Bonchev–Trinajstić information content (AvgIpc) is 2.85. The lowest BCUT2D eigenvalue weighted by Crippen LogP contribution is -2.39. The van der Waals surface area contributed by atoms with Gasteiger partial charge in [-0.25, -0.2) is 0 Å². The molecule has 2 amide bonds. The van der Waals surface area contributed by atoms with Gasteiger partial charge in [-0.3, -0.25) is 14.5 Å². The van der Waals surface area contributed by atoms with Crippen molar-refractivity contribution < 1.29 is 14.7 Å². The van der Waals surface area contributed by atoms with Crippen molar-refractivity contribution in [2.45, 2.75) is 32.3 Å². The molecule has 0 bridgehead atoms. The first kappa shape index (κ1) is 18.1. The third-order valence-corrected chi connectivity index (χ3v) is 4.56. The molecule has 0 unspecified atom stereocenters. The fraction of sp³-hybridized carbons (Fsp3) is 0.333. The van der Waals surface area contributed by atoms with E-state index >= 15 is 0 Å². The van der Waals surface area contributed by atoms with Gasteiger partial charge in [0.1, 0.15) is 0 Å². The Kier molecular flexibility index (Phi) is 4.83. The Morgan fingerprint density at radius 1 is 0.962 bits per heavy atom. The number of fused-ring (bicyclic) bond motifs is 1. The second kappa shape index (κ2) is 6.92. The van der Waals surface area contributed by atoms with Gasteiger partial charge in [-0.05, 0) is 35.2 Å². The lowest BCUT2D eigenvalue weighted by Gasteiger charge is -2.21. The number of imide groups is 1. The van der Waals surface area contributed by atoms with Crippen molar-refractivity contribution in [2.24, 2.45) is 0 Å². The van der Waals surface area contributed by atoms with E-state index in [9.17, 15) is 14.7 Å². The molecule has 1 atom stereocenters. The summed E-state index contributed by atoms with van der Waals surface area (Å²) in [5.74, 6) is -0.696. The molecule has 136 valence electrons. The van der Waals surface area contributed by atoms with E-state index < -0.39 is 6.10 Å². The van der Waals surface area contributed by atoms with Crippen LogP contribution in [0.4, 0.5) is 5.69 Å². The molecule has 2 aromatic carbocycles. The van der Waals surface area contributed by atoms with Crippen LogP contribution in [0.3, 0.4) is 0 Å². The molecule has 0 saturated heterocycles. The summed E-state index contributed by atoms with van der Waals surface area (Å²) >= 11 is 0. The van der Waals surface area contributed by atoms with E-state index in [1.807, 2.05) is 12.1 Å². The number of β-amino-alcohol motifs (C(OH)–C–C–N with tert-alkyl or cyclic N) is 1. The number of hydrogen-bond acceptors (Lipinski definition) is 4. The van der Waals surface area contributed by atoms with Crippen LogP contribution in [0.15, 0.2) is 48.5 Å². The largest absolute Gasteiger partial charge is 0.389 e. The second-order valence-electron chi connectivity index (χ2n) is 7.63. The highest BCUT2D eigenvalue weighted by molar-refractivity contribution is 6.21. The zero-order chi connectivity index (χ0) is 18.9. The van der Waals surface area contributed by atoms with E-state index in [-0.39, 0.29) is 30.3 Å². The van der Waals surface area contributed by atoms with Crippen LogP contribution in [0.2, 0.25) is 0 Å². The molecular weight excluding hydrogens is 328 g/mol. The summed E-state index contributed by atoms with van der Waals surface area (Å²) in [7, 11) is 0. The number of anilines is 1. The van der Waals surface area contributed by atoms with Gasteiger partial charge in [0.2, 0.25) is 0 Å². The molecule has 0 spiro atoms. The minimum absolute atomic E-state index is 0.0284. The maximum Gasteiger partial charge on any atom is 0.261 e. The van der Waals surface area contributed by atoms with Gasteiger partial charge in [-0.2, -0.15) is 0 Å². The smallest absolute Gasteiger partial charge is 0.261 e. The normalized spacial score (nSPS) is 15.2. The van der Waals surface area contributed by atoms with Crippen molar-refractivity contribution in [1.82, 2.24) is 4.90 Å². The molecule has 5 nitrogen and oxygen atoms in total. The minimum Gasteiger partial charge on any atom is -0.389 e. The topological polar surface area (TPSA) is 69.6 Å². The maximum atomic E-state index is 12.3. The Hall–Kier alpha value is -2.66. The van der Waals surface area contributed by atoms with Gasteiger partial charge in [-0.15, -0.1) is 0 Å². The number of aliphatic hydroxyl groups is 1. The van der Waals surface area contributed by atoms with Crippen LogP contribution in [-0.2, 0) is 5.41 Å². The first-order chi connectivity index (χ1) is 12.3. The van der Waals surface area contributed by atoms with Gasteiger partial charge in [0, 0.05) is 12.2 Å². The highest BCUT2D eigenvalue weighted by Crippen LogP contribution is 2.24. The van der Waals surface area contributed by atoms with Crippen LogP contribution >= 0.6 is 0 Å². The van der Waals surface area contributed by atoms with Crippen molar-refractivity contribution in [3.8, 4) is 0 Å². The highest BCUT2D eigenvalue weighted by Gasteiger charge is 2.35. The van der Waals surface area contributed by atoms with Gasteiger partial charge in [0.15, 0.2) is 0 Å². The number of carbonyl (C=O) groups is 2. The summed E-state index contributed by atoms with van der Waals surface area (Å²) in [6.45, 7) is 6.69. The first-order valence-corrected chi connectivity index (χ1v) is 8.75. The Morgan fingerprint density at radius 3 is 2.00 bits per heavy atom. The molecule has 26 heavy (non-hydrogen) atoms. The van der Waals surface area contributed by atoms with Crippen molar-refractivity contribution in [3.63, 3.8) is 0 Å². The molecule has 2 N–H and O–H groups in total. The van der Waals surface area contributed by atoms with Gasteiger partial charge in [-0.1, -0.05) is 45.0 Å². The summed E-state index contributed by atoms with van der Waals surface area (Å²) in [4.78, 5) is 25.8. The number of amides is 2. The first-order valence-electron chi connectivity index (χ1n) is 8.75. The van der Waals surface area contributed by atoms with E-state index in [1.165, 1.54) is 5.56 Å². The summed E-state index contributed by atoms with van der Waals surface area (Å²) in [6.07, 6.45) is -0.848. The summed E-state index contributed by atoms with van der Waals surface area (Å²) in [5.41, 5.74) is 3.00. The van der Waals surface area contributed by atoms with Crippen molar-refractivity contribution in [1.29, 1.82) is 0 Å². The van der Waals surface area contributed by atoms with E-state index in [2.05, 4.69) is 38.2 Å². The monoisotopic (exact) mass is 352 g/mol. The molecule has 1 aliphatic rings. The predicted molar refractivity (Wildman–Crippen MR) is 101 cm³/mol. The Bertz CT molecular complexity index is 787. The second-order valence-corrected chi connectivity index (χ2v) is 7.63. The lowest BCUT2D eigenvalue weighted by atomic mass is 9.87. The Morgan fingerprint density at radius 2 is 1.50 bits per heavy atom. The standard InChI is InChI=1S/C21H24N2O3/c1-21(2,3)14-8-10-15(11-9-14)22-12-16(24)13-23-19(25)17-6-4-5-7-18(17)20(23)26/h4-11,16,22,24H,12-13H2,1-3H3/t16-/m1/s1. The SMILES string of the molecule is CC(C)(C)c1ccc(NC[C@@H](O)CN2C(=O)c3ccccc3C2=O)cc1. The van der Waals surface area contributed by atoms with Crippen molar-refractivity contribution >= 4 is 17.5 Å². The number of nitrogens with zero attached hydrogens (tertiary/aromatic N) is 1. The summed E-state index contributed by atoms with van der Waals surface area (Å²) in [6, 6.07) is 14.8. The molecule has 0 aromatic heterocycles. The van der Waals surface area contributed by atoms with Crippen LogP contribution in [-0.4, -0.2) is 41.0 Å². The van der Waals surface area contributed by atoms with E-state index in [0.717, 1.165) is 10.6 Å².